The number of likely N-dealkylation sites (tertiary alicyclic amines) is 1. The molecule has 2 aromatic heterocycles. The number of aromatic nitrogens is 3. The average molecular weight is 427 g/mol. The molecule has 1 atom stereocenters. The number of urea groups is 1. The van der Waals surface area contributed by atoms with E-state index in [9.17, 15) is 19.2 Å². The van der Waals surface area contributed by atoms with Gasteiger partial charge in [-0.1, -0.05) is 6.42 Å². The van der Waals surface area contributed by atoms with Crippen molar-refractivity contribution in [1.82, 2.24) is 30.1 Å². The Balaban J connectivity index is 1.31. The van der Waals surface area contributed by atoms with Gasteiger partial charge in [-0.05, 0) is 37.5 Å². The molecule has 1 saturated heterocycles. The Bertz CT molecular complexity index is 1130. The number of nitrogens with two attached hydrogens (primary N) is 1. The topological polar surface area (TPSA) is 155 Å². The highest BCUT2D eigenvalue weighted by molar-refractivity contribution is 5.95. The average Bonchev–Trinajstić information content (AvgIpc) is 3.17. The van der Waals surface area contributed by atoms with Gasteiger partial charge < -0.3 is 26.3 Å². The minimum atomic E-state index is -0.897. The summed E-state index contributed by atoms with van der Waals surface area (Å²) in [5.74, 6) is -0.518. The van der Waals surface area contributed by atoms with Crippen LogP contribution in [0.2, 0.25) is 0 Å². The summed E-state index contributed by atoms with van der Waals surface area (Å²) in [5, 5.41) is 9.64. The van der Waals surface area contributed by atoms with E-state index in [1.165, 1.54) is 16.8 Å². The molecule has 164 valence electrons. The Morgan fingerprint density at radius 2 is 2.03 bits per heavy atom. The molecular weight excluding hydrogens is 402 g/mol. The number of primary amides is 1. The molecule has 11 nitrogen and oxygen atoms in total. The summed E-state index contributed by atoms with van der Waals surface area (Å²) in [7, 11) is 0. The molecule has 0 radical (unpaired) electrons. The molecule has 1 spiro atoms. The highest BCUT2D eigenvalue weighted by atomic mass is 16.2. The number of nitrogens with one attached hydrogen (secondary N) is 3. The molecule has 3 aliphatic rings. The van der Waals surface area contributed by atoms with Crippen LogP contribution in [0.25, 0.3) is 5.52 Å². The molecule has 5 N–H and O–H groups in total. The third-order valence-electron chi connectivity index (χ3n) is 6.94. The maximum absolute atomic E-state index is 13.3. The molecule has 2 saturated carbocycles. The Hall–Kier alpha value is -3.37. The number of hydrogen-bond donors (Lipinski definition) is 4. The van der Waals surface area contributed by atoms with Gasteiger partial charge in [-0.15, -0.1) is 0 Å². The van der Waals surface area contributed by atoms with Gasteiger partial charge in [-0.25, -0.2) is 9.31 Å². The van der Waals surface area contributed by atoms with Crippen LogP contribution in [-0.4, -0.2) is 62.0 Å². The van der Waals surface area contributed by atoms with Gasteiger partial charge in [0.25, 0.3) is 11.5 Å². The van der Waals surface area contributed by atoms with Crippen LogP contribution < -0.4 is 21.9 Å². The first kappa shape index (κ1) is 19.6. The van der Waals surface area contributed by atoms with Gasteiger partial charge in [0, 0.05) is 37.6 Å². The third kappa shape index (κ3) is 3.33. The fraction of sp³-hybridized carbons (Fsp3) is 0.550. The number of fused-ring (bicyclic) bond motifs is 1. The van der Waals surface area contributed by atoms with Crippen molar-refractivity contribution < 1.29 is 14.4 Å². The largest absolute Gasteiger partial charge is 0.352 e. The standard InChI is InChI=1S/C20H25N7O4/c21-18(31)24-20(4-5-20)17(30)26-11-19(2-1-3-19)9-12(26)10-23-15(28)13-8-14-16(29)22-6-7-27(14)25-13/h6-8,12H,1-5,9-11H2,(H,22,29)(H,23,28)(H3,21,24,31). The summed E-state index contributed by atoms with van der Waals surface area (Å²) < 4.78 is 1.36. The summed E-state index contributed by atoms with van der Waals surface area (Å²) in [6.45, 7) is 0.918. The Kier molecular flexibility index (Phi) is 4.31. The highest BCUT2D eigenvalue weighted by Crippen LogP contribution is 2.51. The molecule has 3 heterocycles. The quantitative estimate of drug-likeness (QED) is 0.517. The van der Waals surface area contributed by atoms with E-state index in [0.717, 1.165) is 25.7 Å². The Labute approximate surface area is 177 Å². The van der Waals surface area contributed by atoms with E-state index in [0.29, 0.717) is 19.4 Å². The number of H-pyrrole nitrogens is 1. The molecule has 4 amide bonds. The van der Waals surface area contributed by atoms with Gasteiger partial charge in [-0.3, -0.25) is 14.4 Å². The van der Waals surface area contributed by atoms with Crippen LogP contribution in [-0.2, 0) is 4.79 Å². The van der Waals surface area contributed by atoms with Gasteiger partial charge >= 0.3 is 6.03 Å². The molecule has 2 aliphatic carbocycles. The first-order valence-corrected chi connectivity index (χ1v) is 10.5. The minimum Gasteiger partial charge on any atom is -0.352 e. The maximum Gasteiger partial charge on any atom is 0.313 e. The van der Waals surface area contributed by atoms with E-state index in [2.05, 4.69) is 20.7 Å². The normalized spacial score (nSPS) is 22.8. The van der Waals surface area contributed by atoms with Gasteiger partial charge in [-0.2, -0.15) is 5.10 Å². The van der Waals surface area contributed by atoms with Crippen molar-refractivity contribution in [1.29, 1.82) is 0 Å². The number of amides is 4. The summed E-state index contributed by atoms with van der Waals surface area (Å²) >= 11 is 0. The number of hydrogen-bond acceptors (Lipinski definition) is 5. The number of nitrogens with zero attached hydrogens (tertiary/aromatic N) is 3. The van der Waals surface area contributed by atoms with Crippen LogP contribution in [0.3, 0.4) is 0 Å². The lowest BCUT2D eigenvalue weighted by Crippen LogP contribution is -2.55. The molecule has 5 rings (SSSR count). The zero-order valence-corrected chi connectivity index (χ0v) is 17.0. The van der Waals surface area contributed by atoms with Crippen LogP contribution in [0.4, 0.5) is 4.79 Å². The number of aromatic amines is 1. The van der Waals surface area contributed by atoms with E-state index >= 15 is 0 Å². The second kappa shape index (κ2) is 6.82. The van der Waals surface area contributed by atoms with Gasteiger partial charge in [0.15, 0.2) is 5.69 Å². The molecule has 0 aromatic carbocycles. The lowest BCUT2D eigenvalue weighted by atomic mass is 9.67. The van der Waals surface area contributed by atoms with Crippen molar-refractivity contribution in [3.05, 3.63) is 34.5 Å². The van der Waals surface area contributed by atoms with E-state index in [1.54, 1.807) is 6.20 Å². The van der Waals surface area contributed by atoms with Crippen molar-refractivity contribution in [2.24, 2.45) is 11.1 Å². The van der Waals surface area contributed by atoms with E-state index in [4.69, 9.17) is 5.73 Å². The smallest absolute Gasteiger partial charge is 0.313 e. The van der Waals surface area contributed by atoms with Crippen molar-refractivity contribution in [3.63, 3.8) is 0 Å². The number of rotatable bonds is 5. The maximum atomic E-state index is 13.3. The predicted molar refractivity (Wildman–Crippen MR) is 109 cm³/mol. The molecule has 2 aromatic rings. The number of carbonyl (C=O) groups excluding carboxylic acids is 3. The van der Waals surface area contributed by atoms with Crippen molar-refractivity contribution in [3.8, 4) is 0 Å². The van der Waals surface area contributed by atoms with E-state index < -0.39 is 17.5 Å². The monoisotopic (exact) mass is 427 g/mol. The van der Waals surface area contributed by atoms with Crippen LogP contribution in [0.5, 0.6) is 0 Å². The second-order valence-corrected chi connectivity index (χ2v) is 9.07. The van der Waals surface area contributed by atoms with E-state index in [1.807, 2.05) is 4.90 Å². The fourth-order valence-corrected chi connectivity index (χ4v) is 5.00. The molecule has 11 heteroatoms. The fourth-order valence-electron chi connectivity index (χ4n) is 5.00. The Morgan fingerprint density at radius 3 is 2.65 bits per heavy atom. The molecule has 3 fully saturated rings. The van der Waals surface area contributed by atoms with Gasteiger partial charge in [0.05, 0.1) is 0 Å². The third-order valence-corrected chi connectivity index (χ3v) is 6.94. The van der Waals surface area contributed by atoms with Gasteiger partial charge in [0.2, 0.25) is 5.91 Å². The van der Waals surface area contributed by atoms with Crippen LogP contribution >= 0.6 is 0 Å². The lowest BCUT2D eigenvalue weighted by molar-refractivity contribution is -0.135. The molecule has 0 bridgehead atoms. The molecule has 31 heavy (non-hydrogen) atoms. The second-order valence-electron chi connectivity index (χ2n) is 9.07. The SMILES string of the molecule is NC(=O)NC1(C(=O)N2CC3(CCC3)CC2CNC(=O)c2cc3c(=O)[nH]ccn3n2)CC1. The first-order chi connectivity index (χ1) is 14.8. The summed E-state index contributed by atoms with van der Waals surface area (Å²) in [6.07, 6.45) is 8.25. The molecular formula is C20H25N7O4. The van der Waals surface area contributed by atoms with Crippen molar-refractivity contribution in [2.75, 3.05) is 13.1 Å². The van der Waals surface area contributed by atoms with Crippen molar-refractivity contribution in [2.45, 2.75) is 50.1 Å². The highest BCUT2D eigenvalue weighted by Gasteiger charge is 2.57. The van der Waals surface area contributed by atoms with E-state index in [-0.39, 0.29) is 40.7 Å². The zero-order chi connectivity index (χ0) is 21.8. The summed E-state index contributed by atoms with van der Waals surface area (Å²) in [6, 6.07) is 0.578. The Morgan fingerprint density at radius 1 is 1.26 bits per heavy atom. The summed E-state index contributed by atoms with van der Waals surface area (Å²) in [5.41, 5.74) is 4.57. The minimum absolute atomic E-state index is 0.101. The lowest BCUT2D eigenvalue weighted by Gasteiger charge is -2.38. The van der Waals surface area contributed by atoms with Crippen LogP contribution in [0.1, 0.15) is 49.0 Å². The first-order valence-electron chi connectivity index (χ1n) is 10.5. The van der Waals surface area contributed by atoms with Crippen LogP contribution in [0, 0.1) is 5.41 Å². The summed E-state index contributed by atoms with van der Waals surface area (Å²) in [4.78, 5) is 53.5. The number of carbonyl (C=O) groups is 3. The van der Waals surface area contributed by atoms with Crippen LogP contribution in [0.15, 0.2) is 23.3 Å². The predicted octanol–water partition coefficient (Wildman–Crippen LogP) is -0.275. The zero-order valence-electron chi connectivity index (χ0n) is 17.0. The molecule has 1 aliphatic heterocycles. The van der Waals surface area contributed by atoms with Crippen molar-refractivity contribution >= 4 is 23.4 Å². The van der Waals surface area contributed by atoms with Gasteiger partial charge in [0.1, 0.15) is 11.1 Å². The molecule has 1 unspecified atom stereocenters.